The van der Waals surface area contributed by atoms with Crippen LogP contribution >= 0.6 is 24.0 Å². The summed E-state index contributed by atoms with van der Waals surface area (Å²) in [6, 6.07) is 8.31. The van der Waals surface area contributed by atoms with E-state index in [2.05, 4.69) is 52.8 Å². The van der Waals surface area contributed by atoms with Crippen LogP contribution in [-0.2, 0) is 13.1 Å². The van der Waals surface area contributed by atoms with E-state index in [1.807, 2.05) is 17.7 Å². The van der Waals surface area contributed by atoms with Gasteiger partial charge in [0.2, 0.25) is 0 Å². The Morgan fingerprint density at radius 1 is 1.19 bits per heavy atom. The number of rotatable bonds is 7. The first-order valence-corrected chi connectivity index (χ1v) is 8.62. The highest BCUT2D eigenvalue weighted by Gasteiger charge is 2.05. The molecule has 0 aliphatic rings. The Balaban J connectivity index is 0.00000338. The van der Waals surface area contributed by atoms with Crippen LogP contribution in [0.5, 0.6) is 5.75 Å². The van der Waals surface area contributed by atoms with Gasteiger partial charge in [-0.25, -0.2) is 0 Å². The van der Waals surface area contributed by atoms with Gasteiger partial charge in [-0.3, -0.25) is 9.67 Å². The topological polar surface area (TPSA) is 63.5 Å². The normalized spacial score (nSPS) is 11.0. The van der Waals surface area contributed by atoms with Crippen LogP contribution in [-0.4, -0.2) is 36.4 Å². The summed E-state index contributed by atoms with van der Waals surface area (Å²) in [7, 11) is 3.48. The van der Waals surface area contributed by atoms with E-state index in [-0.39, 0.29) is 24.0 Å². The largest absolute Gasteiger partial charge is 0.496 e. The van der Waals surface area contributed by atoms with Crippen molar-refractivity contribution in [2.24, 2.45) is 4.99 Å². The highest BCUT2D eigenvalue weighted by Crippen LogP contribution is 2.19. The Morgan fingerprint density at radius 2 is 1.96 bits per heavy atom. The fraction of sp³-hybridized carbons (Fsp3) is 0.474. The van der Waals surface area contributed by atoms with Crippen LogP contribution in [0.1, 0.15) is 28.9 Å². The lowest BCUT2D eigenvalue weighted by atomic mass is 10.1. The molecule has 1 heterocycles. The number of hydrogen-bond acceptors (Lipinski definition) is 3. The molecule has 1 aromatic heterocycles. The summed E-state index contributed by atoms with van der Waals surface area (Å²) in [5.74, 6) is 1.68. The van der Waals surface area contributed by atoms with Gasteiger partial charge >= 0.3 is 0 Å². The maximum Gasteiger partial charge on any atom is 0.191 e. The summed E-state index contributed by atoms with van der Waals surface area (Å²) in [5.41, 5.74) is 4.56. The van der Waals surface area contributed by atoms with Gasteiger partial charge in [0.05, 0.1) is 12.8 Å². The third-order valence-corrected chi connectivity index (χ3v) is 4.05. The van der Waals surface area contributed by atoms with Crippen LogP contribution in [0.3, 0.4) is 0 Å². The molecule has 0 saturated carbocycles. The Hall–Kier alpha value is -1.77. The summed E-state index contributed by atoms with van der Waals surface area (Å²) in [6.07, 6.45) is 0.983. The van der Waals surface area contributed by atoms with Gasteiger partial charge in [-0.05, 0) is 44.9 Å². The van der Waals surface area contributed by atoms with Gasteiger partial charge in [-0.15, -0.1) is 24.0 Å². The number of guanidine groups is 1. The molecule has 1 aromatic carbocycles. The van der Waals surface area contributed by atoms with E-state index in [1.54, 1.807) is 14.2 Å². The molecular formula is C19H30IN5O. The van der Waals surface area contributed by atoms with Gasteiger partial charge in [0, 0.05) is 37.9 Å². The minimum Gasteiger partial charge on any atom is -0.496 e. The average Bonchev–Trinajstić information content (AvgIpc) is 2.92. The van der Waals surface area contributed by atoms with E-state index in [9.17, 15) is 0 Å². The molecule has 26 heavy (non-hydrogen) atoms. The van der Waals surface area contributed by atoms with Crippen molar-refractivity contribution < 1.29 is 4.74 Å². The van der Waals surface area contributed by atoms with Gasteiger partial charge in [-0.1, -0.05) is 12.1 Å². The zero-order chi connectivity index (χ0) is 18.2. The first kappa shape index (κ1) is 22.3. The van der Waals surface area contributed by atoms with Crippen molar-refractivity contribution in [3.63, 3.8) is 0 Å². The first-order chi connectivity index (χ1) is 12.0. The third kappa shape index (κ3) is 6.51. The van der Waals surface area contributed by atoms with Crippen LogP contribution < -0.4 is 15.4 Å². The smallest absolute Gasteiger partial charge is 0.191 e. The zero-order valence-electron chi connectivity index (χ0n) is 16.3. The lowest BCUT2D eigenvalue weighted by molar-refractivity contribution is 0.408. The summed E-state index contributed by atoms with van der Waals surface area (Å²) in [6.45, 7) is 8.57. The van der Waals surface area contributed by atoms with Gasteiger partial charge in [0.1, 0.15) is 5.75 Å². The molecule has 0 unspecified atom stereocenters. The van der Waals surface area contributed by atoms with Crippen LogP contribution in [0.2, 0.25) is 0 Å². The quantitative estimate of drug-likeness (QED) is 0.282. The Bertz CT molecular complexity index is 727. The van der Waals surface area contributed by atoms with E-state index < -0.39 is 0 Å². The number of benzene rings is 1. The molecule has 0 amide bonds. The molecule has 0 radical (unpaired) electrons. The first-order valence-electron chi connectivity index (χ1n) is 8.62. The zero-order valence-corrected chi connectivity index (χ0v) is 18.6. The summed E-state index contributed by atoms with van der Waals surface area (Å²) in [4.78, 5) is 4.27. The monoisotopic (exact) mass is 471 g/mol. The number of aryl methyl sites for hydroxylation is 4. The minimum atomic E-state index is 0. The second kappa shape index (κ2) is 11.1. The molecular weight excluding hydrogens is 441 g/mol. The van der Waals surface area contributed by atoms with Crippen molar-refractivity contribution in [2.45, 2.75) is 40.3 Å². The highest BCUT2D eigenvalue weighted by atomic mass is 127. The van der Waals surface area contributed by atoms with E-state index in [0.717, 1.165) is 42.5 Å². The molecule has 0 aliphatic heterocycles. The molecule has 0 spiro atoms. The predicted molar refractivity (Wildman–Crippen MR) is 118 cm³/mol. The van der Waals surface area contributed by atoms with Crippen LogP contribution in [0.15, 0.2) is 29.3 Å². The molecule has 7 heteroatoms. The molecule has 2 aromatic rings. The Kier molecular flexibility index (Phi) is 9.47. The number of aromatic nitrogens is 2. The molecule has 0 saturated heterocycles. The van der Waals surface area contributed by atoms with Gasteiger partial charge in [-0.2, -0.15) is 5.10 Å². The minimum absolute atomic E-state index is 0. The van der Waals surface area contributed by atoms with Crippen molar-refractivity contribution in [3.8, 4) is 5.75 Å². The fourth-order valence-electron chi connectivity index (χ4n) is 2.73. The lowest BCUT2D eigenvalue weighted by Gasteiger charge is -2.14. The summed E-state index contributed by atoms with van der Waals surface area (Å²) < 4.78 is 7.49. The van der Waals surface area contributed by atoms with Crippen LogP contribution in [0.4, 0.5) is 0 Å². The average molecular weight is 471 g/mol. The van der Waals surface area contributed by atoms with E-state index in [1.165, 1.54) is 11.3 Å². The maximum absolute atomic E-state index is 5.44. The van der Waals surface area contributed by atoms with Gasteiger partial charge < -0.3 is 15.4 Å². The number of hydrogen-bond donors (Lipinski definition) is 2. The van der Waals surface area contributed by atoms with E-state index in [4.69, 9.17) is 4.74 Å². The van der Waals surface area contributed by atoms with E-state index in [0.29, 0.717) is 6.54 Å². The number of halogens is 1. The molecule has 144 valence electrons. The molecule has 0 aliphatic carbocycles. The number of methoxy groups -OCH3 is 1. The van der Waals surface area contributed by atoms with Crippen LogP contribution in [0, 0.1) is 20.8 Å². The fourth-order valence-corrected chi connectivity index (χ4v) is 2.73. The maximum atomic E-state index is 5.44. The molecule has 6 nitrogen and oxygen atoms in total. The molecule has 0 atom stereocenters. The van der Waals surface area contributed by atoms with Gasteiger partial charge in [0.25, 0.3) is 0 Å². The predicted octanol–water partition coefficient (Wildman–Crippen LogP) is 3.19. The summed E-state index contributed by atoms with van der Waals surface area (Å²) >= 11 is 0. The third-order valence-electron chi connectivity index (χ3n) is 4.05. The van der Waals surface area contributed by atoms with Crippen molar-refractivity contribution in [2.75, 3.05) is 20.7 Å². The standard InChI is InChI=1S/C19H29N5O.HI/c1-14-7-8-17(18(11-14)25-5)13-22-19(20-4)21-9-6-10-24-16(3)12-15(2)23-24;/h7-8,11-12H,6,9-10,13H2,1-5H3,(H2,20,21,22);1H. The number of nitrogens with zero attached hydrogens (tertiary/aromatic N) is 3. The molecule has 2 N–H and O–H groups in total. The van der Waals surface area contributed by atoms with Crippen molar-refractivity contribution in [3.05, 3.63) is 46.8 Å². The van der Waals surface area contributed by atoms with Crippen molar-refractivity contribution in [1.29, 1.82) is 0 Å². The second-order valence-corrected chi connectivity index (χ2v) is 6.17. The van der Waals surface area contributed by atoms with Crippen molar-refractivity contribution >= 4 is 29.9 Å². The SMILES string of the molecule is CN=C(NCCCn1nc(C)cc1C)NCc1ccc(C)cc1OC.I. The van der Waals surface area contributed by atoms with E-state index >= 15 is 0 Å². The number of aliphatic imine (C=N–C) groups is 1. The molecule has 0 bridgehead atoms. The number of ether oxygens (including phenoxy) is 1. The molecule has 0 fully saturated rings. The Labute approximate surface area is 173 Å². The van der Waals surface area contributed by atoms with Crippen LogP contribution in [0.25, 0.3) is 0 Å². The van der Waals surface area contributed by atoms with Gasteiger partial charge in [0.15, 0.2) is 5.96 Å². The van der Waals surface area contributed by atoms with Crippen molar-refractivity contribution in [1.82, 2.24) is 20.4 Å². The Morgan fingerprint density at radius 3 is 2.58 bits per heavy atom. The lowest BCUT2D eigenvalue weighted by Crippen LogP contribution is -2.37. The summed E-state index contributed by atoms with van der Waals surface area (Å²) in [5, 5.41) is 11.2. The molecule has 2 rings (SSSR count). The highest BCUT2D eigenvalue weighted by molar-refractivity contribution is 14.0. The second-order valence-electron chi connectivity index (χ2n) is 6.17. The number of nitrogens with one attached hydrogen (secondary N) is 2.